The Labute approximate surface area is 127 Å². The molecule has 1 amide bonds. The number of rotatable bonds is 5. The maximum atomic E-state index is 12.3. The van der Waals surface area contributed by atoms with Gasteiger partial charge in [-0.1, -0.05) is 31.3 Å². The number of hydrogen-bond acceptors (Lipinski definition) is 6. The highest BCUT2D eigenvalue weighted by Crippen LogP contribution is 2.26. The molecule has 0 aliphatic heterocycles. The van der Waals surface area contributed by atoms with Crippen molar-refractivity contribution in [2.45, 2.75) is 20.3 Å². The number of nitrogens with one attached hydrogen (secondary N) is 1. The van der Waals surface area contributed by atoms with E-state index in [0.29, 0.717) is 28.0 Å². The Bertz CT molecular complexity index is 640. The second-order valence-corrected chi connectivity index (χ2v) is 6.04. The summed E-state index contributed by atoms with van der Waals surface area (Å²) in [7, 11) is 1.50. The van der Waals surface area contributed by atoms with Crippen LogP contribution >= 0.6 is 11.3 Å². The zero-order chi connectivity index (χ0) is 15.4. The minimum atomic E-state index is -0.350. The first-order valence-corrected chi connectivity index (χ1v) is 7.39. The summed E-state index contributed by atoms with van der Waals surface area (Å²) in [5.74, 6) is 0.572. The molecule has 1 heterocycles. The standard InChI is InChI=1S/C14H18N4O2S/c1-8(2)7-11-17-18-14(21-11)16-13(19)12-9(15)5-4-6-10(12)20-3/h4-6,8H,7,15H2,1-3H3,(H,16,18,19). The van der Waals surface area contributed by atoms with E-state index in [1.54, 1.807) is 18.2 Å². The molecular weight excluding hydrogens is 288 g/mol. The number of aromatic nitrogens is 2. The molecule has 0 fully saturated rings. The second-order valence-electron chi connectivity index (χ2n) is 4.98. The number of benzene rings is 1. The summed E-state index contributed by atoms with van der Waals surface area (Å²) in [5, 5.41) is 12.1. The molecule has 1 aromatic heterocycles. The lowest BCUT2D eigenvalue weighted by atomic mass is 10.1. The summed E-state index contributed by atoms with van der Waals surface area (Å²) in [6.07, 6.45) is 0.838. The Morgan fingerprint density at radius 1 is 1.43 bits per heavy atom. The summed E-state index contributed by atoms with van der Waals surface area (Å²) in [6.45, 7) is 4.21. The number of carbonyl (C=O) groups is 1. The van der Waals surface area contributed by atoms with Gasteiger partial charge in [-0.2, -0.15) is 0 Å². The largest absolute Gasteiger partial charge is 0.496 e. The first-order chi connectivity index (χ1) is 10.0. The Hall–Kier alpha value is -2.15. The van der Waals surface area contributed by atoms with Gasteiger partial charge in [0.15, 0.2) is 0 Å². The molecule has 2 aromatic rings. The van der Waals surface area contributed by atoms with Crippen LogP contribution in [0.5, 0.6) is 5.75 Å². The average Bonchev–Trinajstić information content (AvgIpc) is 2.84. The molecule has 3 N–H and O–H groups in total. The Morgan fingerprint density at radius 3 is 2.86 bits per heavy atom. The van der Waals surface area contributed by atoms with Crippen LogP contribution in [0.15, 0.2) is 18.2 Å². The van der Waals surface area contributed by atoms with Crippen molar-refractivity contribution in [1.82, 2.24) is 10.2 Å². The summed E-state index contributed by atoms with van der Waals surface area (Å²) in [5.41, 5.74) is 6.52. The number of nitrogens with zero attached hydrogens (tertiary/aromatic N) is 2. The highest BCUT2D eigenvalue weighted by atomic mass is 32.1. The lowest BCUT2D eigenvalue weighted by Crippen LogP contribution is -2.15. The third-order valence-electron chi connectivity index (χ3n) is 2.78. The Balaban J connectivity index is 2.17. The summed E-state index contributed by atoms with van der Waals surface area (Å²) >= 11 is 1.37. The fourth-order valence-corrected chi connectivity index (χ4v) is 2.80. The molecule has 0 aliphatic rings. The zero-order valence-corrected chi connectivity index (χ0v) is 13.0. The number of anilines is 2. The van der Waals surface area contributed by atoms with E-state index < -0.39 is 0 Å². The van der Waals surface area contributed by atoms with Crippen LogP contribution < -0.4 is 15.8 Å². The number of hydrogen-bond donors (Lipinski definition) is 2. The predicted molar refractivity (Wildman–Crippen MR) is 83.8 cm³/mol. The molecule has 0 radical (unpaired) electrons. The van der Waals surface area contributed by atoms with Gasteiger partial charge in [0.25, 0.3) is 5.91 Å². The van der Waals surface area contributed by atoms with Gasteiger partial charge in [0.2, 0.25) is 5.13 Å². The van der Waals surface area contributed by atoms with Crippen molar-refractivity contribution >= 4 is 28.1 Å². The van der Waals surface area contributed by atoms with Gasteiger partial charge in [-0.25, -0.2) is 0 Å². The number of ether oxygens (including phenoxy) is 1. The van der Waals surface area contributed by atoms with Crippen molar-refractivity contribution < 1.29 is 9.53 Å². The molecule has 7 heteroatoms. The van der Waals surface area contributed by atoms with Crippen LogP contribution in [-0.4, -0.2) is 23.2 Å². The highest BCUT2D eigenvalue weighted by molar-refractivity contribution is 7.15. The van der Waals surface area contributed by atoms with Crippen molar-refractivity contribution in [3.63, 3.8) is 0 Å². The van der Waals surface area contributed by atoms with E-state index in [1.807, 2.05) is 0 Å². The van der Waals surface area contributed by atoms with Crippen molar-refractivity contribution in [1.29, 1.82) is 0 Å². The van der Waals surface area contributed by atoms with Crippen molar-refractivity contribution in [2.75, 3.05) is 18.2 Å². The summed E-state index contributed by atoms with van der Waals surface area (Å²) in [6, 6.07) is 5.08. The fraction of sp³-hybridized carbons (Fsp3) is 0.357. The van der Waals surface area contributed by atoms with Crippen LogP contribution in [-0.2, 0) is 6.42 Å². The Kier molecular flexibility index (Phi) is 4.74. The number of carbonyl (C=O) groups excluding carboxylic acids is 1. The van der Waals surface area contributed by atoms with Crippen LogP contribution in [0.1, 0.15) is 29.2 Å². The molecule has 0 saturated heterocycles. The molecule has 1 aromatic carbocycles. The molecule has 0 saturated carbocycles. The number of amides is 1. The third-order valence-corrected chi connectivity index (χ3v) is 3.64. The fourth-order valence-electron chi connectivity index (χ4n) is 1.86. The highest BCUT2D eigenvalue weighted by Gasteiger charge is 2.17. The van der Waals surface area contributed by atoms with Gasteiger partial charge in [0.05, 0.1) is 7.11 Å². The van der Waals surface area contributed by atoms with E-state index in [1.165, 1.54) is 18.4 Å². The lowest BCUT2D eigenvalue weighted by molar-refractivity contribution is 0.102. The van der Waals surface area contributed by atoms with Gasteiger partial charge in [-0.15, -0.1) is 10.2 Å². The molecule has 0 atom stereocenters. The first-order valence-electron chi connectivity index (χ1n) is 6.57. The smallest absolute Gasteiger partial charge is 0.263 e. The molecule has 0 spiro atoms. The van der Waals surface area contributed by atoms with E-state index in [0.717, 1.165) is 11.4 Å². The minimum absolute atomic E-state index is 0.306. The molecule has 112 valence electrons. The normalized spacial score (nSPS) is 10.7. The topological polar surface area (TPSA) is 90.1 Å². The van der Waals surface area contributed by atoms with E-state index >= 15 is 0 Å². The van der Waals surface area contributed by atoms with Gasteiger partial charge in [-0.3, -0.25) is 10.1 Å². The maximum Gasteiger partial charge on any atom is 0.263 e. The predicted octanol–water partition coefficient (Wildman–Crippen LogP) is 2.58. The summed E-state index contributed by atoms with van der Waals surface area (Å²) in [4.78, 5) is 12.3. The average molecular weight is 306 g/mol. The second kappa shape index (κ2) is 6.53. The minimum Gasteiger partial charge on any atom is -0.496 e. The van der Waals surface area contributed by atoms with Gasteiger partial charge in [0.1, 0.15) is 16.3 Å². The van der Waals surface area contributed by atoms with Gasteiger partial charge < -0.3 is 10.5 Å². The maximum absolute atomic E-state index is 12.3. The molecule has 2 rings (SSSR count). The van der Waals surface area contributed by atoms with Crippen LogP contribution in [0.4, 0.5) is 10.8 Å². The molecular formula is C14H18N4O2S. The molecule has 6 nitrogen and oxygen atoms in total. The number of nitrogen functional groups attached to an aromatic ring is 1. The van der Waals surface area contributed by atoms with Gasteiger partial charge in [0, 0.05) is 12.1 Å². The monoisotopic (exact) mass is 306 g/mol. The number of methoxy groups -OCH3 is 1. The van der Waals surface area contributed by atoms with Crippen LogP contribution in [0, 0.1) is 5.92 Å². The SMILES string of the molecule is COc1cccc(N)c1C(=O)Nc1nnc(CC(C)C)s1. The van der Waals surface area contributed by atoms with Gasteiger partial charge in [-0.05, 0) is 18.1 Å². The quantitative estimate of drug-likeness (QED) is 0.829. The lowest BCUT2D eigenvalue weighted by Gasteiger charge is -2.09. The van der Waals surface area contributed by atoms with E-state index in [9.17, 15) is 4.79 Å². The molecule has 0 aliphatic carbocycles. The van der Waals surface area contributed by atoms with E-state index in [2.05, 4.69) is 29.4 Å². The Morgan fingerprint density at radius 2 is 2.19 bits per heavy atom. The van der Waals surface area contributed by atoms with Crippen molar-refractivity contribution in [3.05, 3.63) is 28.8 Å². The zero-order valence-electron chi connectivity index (χ0n) is 12.2. The third kappa shape index (κ3) is 3.69. The molecule has 0 bridgehead atoms. The van der Waals surface area contributed by atoms with E-state index in [4.69, 9.17) is 10.5 Å². The molecule has 21 heavy (non-hydrogen) atoms. The van der Waals surface area contributed by atoms with Crippen LogP contribution in [0.25, 0.3) is 0 Å². The van der Waals surface area contributed by atoms with Crippen molar-refractivity contribution in [3.8, 4) is 5.75 Å². The summed E-state index contributed by atoms with van der Waals surface area (Å²) < 4.78 is 5.17. The van der Waals surface area contributed by atoms with Crippen molar-refractivity contribution in [2.24, 2.45) is 5.92 Å². The van der Waals surface area contributed by atoms with E-state index in [-0.39, 0.29) is 5.91 Å². The van der Waals surface area contributed by atoms with Crippen LogP contribution in [0.2, 0.25) is 0 Å². The van der Waals surface area contributed by atoms with Gasteiger partial charge >= 0.3 is 0 Å². The molecule has 0 unspecified atom stereocenters. The van der Waals surface area contributed by atoms with Crippen LogP contribution in [0.3, 0.4) is 0 Å². The first kappa shape index (κ1) is 15.2. The number of nitrogens with two attached hydrogens (primary N) is 1.